The van der Waals surface area contributed by atoms with Crippen molar-refractivity contribution in [3.63, 3.8) is 0 Å². The summed E-state index contributed by atoms with van der Waals surface area (Å²) in [6.07, 6.45) is 7.86. The summed E-state index contributed by atoms with van der Waals surface area (Å²) >= 11 is 5.96. The first-order valence-corrected chi connectivity index (χ1v) is 13.3. The van der Waals surface area contributed by atoms with Crippen LogP contribution in [0, 0.1) is 11.7 Å². The fourth-order valence-electron chi connectivity index (χ4n) is 3.94. The lowest BCUT2D eigenvalue weighted by atomic mass is 9.86. The number of ether oxygens (including phenoxy) is 2. The zero-order valence-corrected chi connectivity index (χ0v) is 21.2. The average molecular weight is 545 g/mol. The number of fused-ring (bicyclic) bond motifs is 1. The van der Waals surface area contributed by atoms with E-state index >= 15 is 0 Å². The number of hydrogen-bond acceptors (Lipinski definition) is 7. The summed E-state index contributed by atoms with van der Waals surface area (Å²) in [5.41, 5.74) is 1.18. The molecule has 0 radical (unpaired) electrons. The molecular weight excluding hydrogens is 523 g/mol. The van der Waals surface area contributed by atoms with Gasteiger partial charge in [0.05, 0.1) is 24.9 Å². The molecule has 12 heteroatoms. The average Bonchev–Trinajstić information content (AvgIpc) is 2.84. The number of nitrogens with one attached hydrogen (secondary N) is 1. The van der Waals surface area contributed by atoms with Crippen LogP contribution < -0.4 is 19.8 Å². The van der Waals surface area contributed by atoms with Crippen LogP contribution in [0.25, 0.3) is 16.8 Å². The highest BCUT2D eigenvalue weighted by Gasteiger charge is 2.22. The Morgan fingerprint density at radius 1 is 1.14 bits per heavy atom. The van der Waals surface area contributed by atoms with E-state index in [2.05, 4.69) is 14.7 Å². The van der Waals surface area contributed by atoms with Crippen LogP contribution in [0.3, 0.4) is 0 Å². The molecule has 0 aliphatic heterocycles. The van der Waals surface area contributed by atoms with E-state index in [1.54, 1.807) is 18.3 Å². The van der Waals surface area contributed by atoms with Crippen molar-refractivity contribution >= 4 is 33.0 Å². The largest absolute Gasteiger partial charge is 0.486 e. The Labute approximate surface area is 216 Å². The molecule has 1 aliphatic carbocycles. The predicted octanol–water partition coefficient (Wildman–Crippen LogP) is 4.54. The second-order valence-electron chi connectivity index (χ2n) is 8.64. The lowest BCUT2D eigenvalue weighted by Crippen LogP contribution is -2.23. The first-order chi connectivity index (χ1) is 17.7. The number of pyridine rings is 2. The molecule has 3 heterocycles. The lowest BCUT2D eigenvalue weighted by Gasteiger charge is -2.24. The quantitative estimate of drug-likeness (QED) is 0.346. The highest BCUT2D eigenvalue weighted by atomic mass is 35.5. The maximum absolute atomic E-state index is 13.4. The van der Waals surface area contributed by atoms with E-state index in [9.17, 15) is 17.6 Å². The minimum absolute atomic E-state index is 0.0110. The van der Waals surface area contributed by atoms with E-state index in [-0.39, 0.29) is 32.8 Å². The Balaban J connectivity index is 1.49. The van der Waals surface area contributed by atoms with E-state index in [1.807, 2.05) is 0 Å². The van der Waals surface area contributed by atoms with Crippen LogP contribution in [0.5, 0.6) is 11.6 Å². The Bertz CT molecular complexity index is 1660. The van der Waals surface area contributed by atoms with Crippen LogP contribution in [0.4, 0.5) is 10.1 Å². The van der Waals surface area contributed by atoms with E-state index in [0.717, 1.165) is 31.0 Å². The highest BCUT2D eigenvalue weighted by Crippen LogP contribution is 2.32. The fraction of sp³-hybridized carbons (Fsp3) is 0.240. The van der Waals surface area contributed by atoms with Gasteiger partial charge in [-0.1, -0.05) is 18.0 Å². The van der Waals surface area contributed by atoms with Gasteiger partial charge in [0.15, 0.2) is 0 Å². The Hall–Kier alpha value is -3.70. The first kappa shape index (κ1) is 25.0. The number of methoxy groups -OCH3 is 1. The van der Waals surface area contributed by atoms with Gasteiger partial charge in [-0.25, -0.2) is 22.8 Å². The third-order valence-electron chi connectivity index (χ3n) is 6.18. The van der Waals surface area contributed by atoms with Crippen molar-refractivity contribution in [3.8, 4) is 22.8 Å². The van der Waals surface area contributed by atoms with Gasteiger partial charge in [0.2, 0.25) is 11.6 Å². The van der Waals surface area contributed by atoms with Crippen molar-refractivity contribution in [2.24, 2.45) is 5.92 Å². The summed E-state index contributed by atoms with van der Waals surface area (Å²) in [5, 5.41) is -0.271. The summed E-state index contributed by atoms with van der Waals surface area (Å²) in [4.78, 5) is 21.2. The van der Waals surface area contributed by atoms with Crippen molar-refractivity contribution in [1.82, 2.24) is 14.4 Å². The molecule has 1 N–H and O–H groups in total. The number of rotatable bonds is 8. The Morgan fingerprint density at radius 2 is 1.95 bits per heavy atom. The van der Waals surface area contributed by atoms with Crippen molar-refractivity contribution in [3.05, 3.63) is 76.2 Å². The zero-order chi connectivity index (χ0) is 26.2. The molecule has 0 bridgehead atoms. The third kappa shape index (κ3) is 5.09. The zero-order valence-electron chi connectivity index (χ0n) is 19.6. The smallest absolute Gasteiger partial charge is 0.300 e. The molecule has 3 aromatic heterocycles. The second-order valence-corrected chi connectivity index (χ2v) is 10.7. The van der Waals surface area contributed by atoms with Crippen LogP contribution in [-0.2, 0) is 10.0 Å². The van der Waals surface area contributed by atoms with Crippen molar-refractivity contribution in [2.75, 3.05) is 18.4 Å². The summed E-state index contributed by atoms with van der Waals surface area (Å²) < 4.78 is 54.1. The fourth-order valence-corrected chi connectivity index (χ4v) is 5.52. The normalized spacial score (nSPS) is 13.8. The molecule has 0 spiro atoms. The number of aromatic nitrogens is 3. The van der Waals surface area contributed by atoms with Gasteiger partial charge in [0.25, 0.3) is 15.6 Å². The van der Waals surface area contributed by atoms with Gasteiger partial charge in [0.1, 0.15) is 22.0 Å². The number of halogens is 2. The van der Waals surface area contributed by atoms with Gasteiger partial charge in [-0.3, -0.25) is 13.9 Å². The number of anilines is 1. The van der Waals surface area contributed by atoms with Gasteiger partial charge >= 0.3 is 0 Å². The van der Waals surface area contributed by atoms with Gasteiger partial charge < -0.3 is 9.47 Å². The van der Waals surface area contributed by atoms with Gasteiger partial charge in [-0.15, -0.1) is 0 Å². The monoisotopic (exact) mass is 544 g/mol. The summed E-state index contributed by atoms with van der Waals surface area (Å²) in [6.45, 7) is 0.479. The highest BCUT2D eigenvalue weighted by molar-refractivity contribution is 7.92. The molecule has 192 valence electrons. The first-order valence-electron chi connectivity index (χ1n) is 11.4. The maximum Gasteiger partial charge on any atom is 0.300 e. The Morgan fingerprint density at radius 3 is 2.65 bits per heavy atom. The molecule has 1 aromatic carbocycles. The molecule has 37 heavy (non-hydrogen) atoms. The maximum atomic E-state index is 13.4. The minimum Gasteiger partial charge on any atom is -0.486 e. The second kappa shape index (κ2) is 9.98. The third-order valence-corrected chi connectivity index (χ3v) is 8.02. The lowest BCUT2D eigenvalue weighted by molar-refractivity contribution is 0.178. The molecule has 5 rings (SSSR count). The van der Waals surface area contributed by atoms with Crippen molar-refractivity contribution in [1.29, 1.82) is 0 Å². The molecule has 1 fully saturated rings. The summed E-state index contributed by atoms with van der Waals surface area (Å²) in [7, 11) is -2.86. The molecule has 0 amide bonds. The van der Waals surface area contributed by atoms with Crippen LogP contribution in [0.2, 0.25) is 5.02 Å². The van der Waals surface area contributed by atoms with E-state index in [0.29, 0.717) is 29.3 Å². The molecule has 1 saturated carbocycles. The molecule has 0 atom stereocenters. The van der Waals surface area contributed by atoms with Gasteiger partial charge in [0, 0.05) is 23.5 Å². The van der Waals surface area contributed by atoms with E-state index in [1.165, 1.54) is 36.4 Å². The van der Waals surface area contributed by atoms with Gasteiger partial charge in [-0.05, 0) is 55.2 Å². The van der Waals surface area contributed by atoms with Gasteiger partial charge in [-0.2, -0.15) is 0 Å². The number of hydrogen-bond donors (Lipinski definition) is 1. The minimum atomic E-state index is -4.20. The van der Waals surface area contributed by atoms with Crippen LogP contribution in [-0.4, -0.2) is 36.5 Å². The number of benzene rings is 1. The topological polar surface area (TPSA) is 112 Å². The van der Waals surface area contributed by atoms with E-state index < -0.39 is 15.8 Å². The van der Waals surface area contributed by atoms with Crippen LogP contribution in [0.15, 0.2) is 64.7 Å². The van der Waals surface area contributed by atoms with Crippen LogP contribution in [0.1, 0.15) is 19.3 Å². The van der Waals surface area contributed by atoms with Crippen molar-refractivity contribution < 1.29 is 22.3 Å². The van der Waals surface area contributed by atoms with E-state index in [4.69, 9.17) is 21.1 Å². The Kier molecular flexibility index (Phi) is 6.74. The SMILES string of the molecule is COc1ncc(-c2ccc3ncc(OCC4CCC4)c(=O)n3c2)cc1NS(=O)(=O)c1ccc(F)cc1Cl. The number of nitrogens with zero attached hydrogens (tertiary/aromatic N) is 3. The predicted molar refractivity (Wildman–Crippen MR) is 136 cm³/mol. The summed E-state index contributed by atoms with van der Waals surface area (Å²) in [6, 6.07) is 7.88. The van der Waals surface area contributed by atoms with Crippen molar-refractivity contribution in [2.45, 2.75) is 24.2 Å². The summed E-state index contributed by atoms with van der Waals surface area (Å²) in [5.74, 6) is -0.0254. The molecular formula is C25H22ClFN4O5S. The molecule has 0 saturated heterocycles. The molecule has 9 nitrogen and oxygen atoms in total. The molecule has 1 aliphatic rings. The molecule has 0 unspecified atom stereocenters. The molecule has 4 aromatic rings. The number of sulfonamides is 1. The van der Waals surface area contributed by atoms with Crippen LogP contribution >= 0.6 is 11.6 Å². The standard InChI is InChI=1S/C25H22ClFN4O5S/c1-35-24-20(30-37(33,34)22-7-6-18(27)10-19(22)26)9-17(11-29-24)16-5-8-23-28-12-21(25(32)31(23)13-16)36-14-15-3-2-4-15/h5-13,15,30H,2-4,14H2,1H3.